The third-order valence-corrected chi connectivity index (χ3v) is 13.6. The van der Waals surface area contributed by atoms with E-state index in [1.165, 1.54) is 108 Å². The Bertz CT molecular complexity index is 2730. The van der Waals surface area contributed by atoms with Crippen molar-refractivity contribution < 1.29 is 4.74 Å². The Hall–Kier alpha value is -5.28. The van der Waals surface area contributed by atoms with Crippen LogP contribution in [-0.4, -0.2) is 10.7 Å². The molecule has 14 rings (SSSR count). The second-order valence-corrected chi connectivity index (χ2v) is 16.0. The molecule has 10 aliphatic rings. The average Bonchev–Trinajstić information content (AvgIpc) is 4.06. The SMILES string of the molecule is C1=CC(c2c3cc-3c3c4cc5ccccc5cc4n(C4Nc5c6cc-6cc5C(c5ccccc5)C45CC5)c23)C2OC3=C(C2=C1)C1CC1C=C3. The quantitative estimate of drug-likeness (QED) is 0.211. The Morgan fingerprint density at radius 1 is 0.837 bits per heavy atom. The minimum Gasteiger partial charge on any atom is -0.484 e. The van der Waals surface area contributed by atoms with E-state index in [2.05, 4.69) is 125 Å². The summed E-state index contributed by atoms with van der Waals surface area (Å²) in [5.74, 6) is 3.02. The maximum Gasteiger partial charge on any atom is 0.135 e. The van der Waals surface area contributed by atoms with Crippen molar-refractivity contribution in [3.8, 4) is 22.3 Å². The van der Waals surface area contributed by atoms with Crippen molar-refractivity contribution >= 4 is 38.3 Å². The highest BCUT2D eigenvalue weighted by Crippen LogP contribution is 2.71. The molecule has 3 heteroatoms. The lowest BCUT2D eigenvalue weighted by atomic mass is 9.74. The van der Waals surface area contributed by atoms with Gasteiger partial charge in [0.25, 0.3) is 0 Å². The molecule has 1 N–H and O–H groups in total. The molecule has 3 heterocycles. The molecule has 1 spiro atoms. The van der Waals surface area contributed by atoms with Crippen LogP contribution < -0.4 is 5.32 Å². The lowest BCUT2D eigenvalue weighted by molar-refractivity contribution is 0.162. The van der Waals surface area contributed by atoms with Gasteiger partial charge < -0.3 is 14.6 Å². The van der Waals surface area contributed by atoms with Gasteiger partial charge in [-0.1, -0.05) is 78.9 Å². The Morgan fingerprint density at radius 2 is 1.69 bits per heavy atom. The first-order valence-corrected chi connectivity index (χ1v) is 18.3. The van der Waals surface area contributed by atoms with Gasteiger partial charge in [-0.15, -0.1) is 0 Å². The van der Waals surface area contributed by atoms with E-state index in [1.54, 1.807) is 0 Å². The molecule has 0 bridgehead atoms. The molecule has 0 radical (unpaired) electrons. The van der Waals surface area contributed by atoms with E-state index < -0.39 is 0 Å². The van der Waals surface area contributed by atoms with Crippen molar-refractivity contribution in [1.82, 2.24) is 4.57 Å². The Morgan fingerprint density at radius 3 is 2.57 bits per heavy atom. The summed E-state index contributed by atoms with van der Waals surface area (Å²) in [6.45, 7) is 0. The highest BCUT2D eigenvalue weighted by Gasteiger charge is 2.61. The summed E-state index contributed by atoms with van der Waals surface area (Å²) in [5, 5.41) is 9.74. The lowest BCUT2D eigenvalue weighted by Crippen LogP contribution is -2.37. The first kappa shape index (κ1) is 24.8. The van der Waals surface area contributed by atoms with Crippen LogP contribution in [-0.2, 0) is 4.74 Å². The summed E-state index contributed by atoms with van der Waals surface area (Å²) >= 11 is 0. The van der Waals surface area contributed by atoms with Crippen LogP contribution in [0, 0.1) is 17.3 Å². The van der Waals surface area contributed by atoms with Crippen molar-refractivity contribution in [2.75, 3.05) is 5.32 Å². The standard InChI is InChI=1S/C46H32N2O/c1-2-7-23(8-3-1)41-35-20-27-19-31(27)42(35)47-45(46(41)15-16-46)48-36-21-25-10-5-4-9-24(25)17-34(36)40-33-22-32(33)39(43(40)48)29-12-6-11-28-38-30-18-26(30)13-14-37(38)49-44(28)29/h1-14,17,19-22,26,29-30,41,44-45,47H,15-16,18H2. The van der Waals surface area contributed by atoms with Crippen LogP contribution in [0.1, 0.15) is 54.0 Å². The average molecular weight is 629 g/mol. The van der Waals surface area contributed by atoms with Gasteiger partial charge in [0.2, 0.25) is 0 Å². The van der Waals surface area contributed by atoms with Crippen molar-refractivity contribution in [1.29, 1.82) is 0 Å². The van der Waals surface area contributed by atoms with E-state index in [0.717, 1.165) is 5.76 Å². The fraction of sp³-hybridized carbons (Fsp3) is 0.217. The van der Waals surface area contributed by atoms with Gasteiger partial charge in [-0.3, -0.25) is 0 Å². The van der Waals surface area contributed by atoms with Gasteiger partial charge in [-0.05, 0) is 112 Å². The number of hydrogen-bond acceptors (Lipinski definition) is 2. The monoisotopic (exact) mass is 628 g/mol. The van der Waals surface area contributed by atoms with Gasteiger partial charge in [0.1, 0.15) is 18.0 Å². The predicted molar refractivity (Wildman–Crippen MR) is 197 cm³/mol. The zero-order valence-electron chi connectivity index (χ0n) is 26.9. The Balaban J connectivity index is 1.04. The number of ether oxygens (including phenoxy) is 1. The number of benzene rings is 5. The van der Waals surface area contributed by atoms with Crippen LogP contribution in [0.5, 0.6) is 0 Å². The van der Waals surface area contributed by atoms with Crippen LogP contribution in [0.15, 0.2) is 132 Å². The van der Waals surface area contributed by atoms with Crippen LogP contribution in [0.25, 0.3) is 54.8 Å². The molecule has 0 amide bonds. The van der Waals surface area contributed by atoms with Crippen molar-refractivity contribution in [3.63, 3.8) is 0 Å². The fourth-order valence-corrected chi connectivity index (χ4v) is 11.1. The molecular weight excluding hydrogens is 597 g/mol. The summed E-state index contributed by atoms with van der Waals surface area (Å²) in [4.78, 5) is 0. The van der Waals surface area contributed by atoms with Crippen LogP contribution in [0.2, 0.25) is 0 Å². The van der Waals surface area contributed by atoms with Gasteiger partial charge in [-0.2, -0.15) is 0 Å². The van der Waals surface area contributed by atoms with E-state index >= 15 is 0 Å². The van der Waals surface area contributed by atoms with Gasteiger partial charge in [-0.25, -0.2) is 0 Å². The van der Waals surface area contributed by atoms with Gasteiger partial charge >= 0.3 is 0 Å². The summed E-state index contributed by atoms with van der Waals surface area (Å²) in [7, 11) is 0. The van der Waals surface area contributed by atoms with E-state index in [0.29, 0.717) is 17.8 Å². The van der Waals surface area contributed by atoms with Crippen LogP contribution >= 0.6 is 0 Å². The maximum atomic E-state index is 6.97. The molecule has 6 atom stereocenters. The predicted octanol–water partition coefficient (Wildman–Crippen LogP) is 10.9. The van der Waals surface area contributed by atoms with Crippen molar-refractivity contribution in [2.45, 2.75) is 43.4 Å². The fourth-order valence-electron chi connectivity index (χ4n) is 11.1. The molecular formula is C46H32N2O. The first-order valence-electron chi connectivity index (χ1n) is 18.3. The van der Waals surface area contributed by atoms with Crippen LogP contribution in [0.3, 0.4) is 0 Å². The smallest absolute Gasteiger partial charge is 0.135 e. The van der Waals surface area contributed by atoms with Crippen molar-refractivity contribution in [3.05, 3.63) is 149 Å². The number of fused-ring (bicyclic) bond motifs is 13. The third-order valence-electron chi connectivity index (χ3n) is 13.6. The molecule has 49 heavy (non-hydrogen) atoms. The van der Waals surface area contributed by atoms with Gasteiger partial charge in [0, 0.05) is 50.4 Å². The maximum absolute atomic E-state index is 6.97. The molecule has 3 aromatic carbocycles. The first-order chi connectivity index (χ1) is 24.2. The van der Waals surface area contributed by atoms with E-state index in [9.17, 15) is 0 Å². The molecule has 3 nitrogen and oxygen atoms in total. The zero-order valence-corrected chi connectivity index (χ0v) is 26.9. The minimum absolute atomic E-state index is 0.0343. The molecule has 6 unspecified atom stereocenters. The highest BCUT2D eigenvalue weighted by molar-refractivity contribution is 6.25. The number of hydrogen-bond donors (Lipinski definition) is 1. The number of anilines is 1. The number of aromatic nitrogens is 1. The van der Waals surface area contributed by atoms with Gasteiger partial charge in [0.05, 0.1) is 11.0 Å². The topological polar surface area (TPSA) is 26.2 Å². The molecule has 232 valence electrons. The summed E-state index contributed by atoms with van der Waals surface area (Å²) < 4.78 is 9.77. The number of nitrogens with zero attached hydrogens (tertiary/aromatic N) is 1. The second kappa shape index (κ2) is 7.95. The molecule has 8 aliphatic carbocycles. The molecule has 2 aliphatic heterocycles. The summed E-state index contributed by atoms with van der Waals surface area (Å²) in [6.07, 6.45) is 15.7. The zero-order chi connectivity index (χ0) is 31.3. The largest absolute Gasteiger partial charge is 0.484 e. The summed E-state index contributed by atoms with van der Waals surface area (Å²) in [5.41, 5.74) is 17.3. The Kier molecular flexibility index (Phi) is 4.02. The van der Waals surface area contributed by atoms with E-state index in [-0.39, 0.29) is 23.6 Å². The van der Waals surface area contributed by atoms with E-state index in [4.69, 9.17) is 4.74 Å². The normalized spacial score (nSPS) is 28.9. The molecule has 0 saturated heterocycles. The molecule has 2 fully saturated rings. The lowest BCUT2D eigenvalue weighted by Gasteiger charge is -2.42. The minimum atomic E-state index is 0.0343. The van der Waals surface area contributed by atoms with Crippen LogP contribution in [0.4, 0.5) is 5.69 Å². The summed E-state index contributed by atoms with van der Waals surface area (Å²) in [6, 6.07) is 32.6. The highest BCUT2D eigenvalue weighted by atomic mass is 16.5. The molecule has 2 saturated carbocycles. The number of nitrogens with one attached hydrogen (secondary N) is 1. The Labute approximate surface area is 283 Å². The van der Waals surface area contributed by atoms with Crippen molar-refractivity contribution in [2.24, 2.45) is 17.3 Å². The molecule has 4 aromatic rings. The van der Waals surface area contributed by atoms with E-state index in [1.807, 2.05) is 0 Å². The second-order valence-electron chi connectivity index (χ2n) is 16.0. The van der Waals surface area contributed by atoms with Gasteiger partial charge in [0.15, 0.2) is 0 Å². The number of allylic oxidation sites excluding steroid dienone is 4. The third kappa shape index (κ3) is 2.92. The molecule has 1 aromatic heterocycles. The number of rotatable bonds is 3.